The number of halogens is 1. The molecule has 0 aliphatic carbocycles. The van der Waals surface area contributed by atoms with Crippen molar-refractivity contribution in [3.05, 3.63) is 77.3 Å². The molecule has 4 rings (SSSR count). The molecule has 0 aliphatic heterocycles. The van der Waals surface area contributed by atoms with Crippen molar-refractivity contribution in [3.63, 3.8) is 0 Å². The first kappa shape index (κ1) is 16.8. The summed E-state index contributed by atoms with van der Waals surface area (Å²) in [6.07, 6.45) is 0. The molecule has 0 saturated carbocycles. The number of ketones is 1. The monoisotopic (exact) mass is 380 g/mol. The maximum atomic E-state index is 12.2. The Morgan fingerprint density at radius 1 is 0.962 bits per heavy atom. The lowest BCUT2D eigenvalue weighted by atomic mass is 10.1. The third-order valence-corrected chi connectivity index (χ3v) is 4.97. The van der Waals surface area contributed by atoms with Gasteiger partial charge in [-0.25, -0.2) is 0 Å². The van der Waals surface area contributed by atoms with Gasteiger partial charge in [-0.2, -0.15) is 0 Å². The number of benzene rings is 3. The zero-order valence-electron chi connectivity index (χ0n) is 13.6. The van der Waals surface area contributed by atoms with E-state index in [-0.39, 0.29) is 11.5 Å². The molecule has 3 aromatic carbocycles. The normalized spacial score (nSPS) is 11.0. The van der Waals surface area contributed by atoms with Crippen LogP contribution in [0.25, 0.3) is 22.2 Å². The minimum Gasteiger partial charge on any atom is -0.411 e. The van der Waals surface area contributed by atoms with Crippen LogP contribution in [0.15, 0.2) is 76.4 Å². The fourth-order valence-corrected chi connectivity index (χ4v) is 3.34. The van der Waals surface area contributed by atoms with Crippen LogP contribution in [0, 0.1) is 0 Å². The van der Waals surface area contributed by atoms with E-state index in [4.69, 9.17) is 16.0 Å². The Bertz CT molecular complexity index is 1080. The molecule has 1 aromatic heterocycles. The molecule has 0 bridgehead atoms. The molecule has 0 atom stereocenters. The van der Waals surface area contributed by atoms with Gasteiger partial charge in [0.2, 0.25) is 5.89 Å². The smallest absolute Gasteiger partial charge is 0.277 e. The van der Waals surface area contributed by atoms with E-state index in [2.05, 4.69) is 16.3 Å². The van der Waals surface area contributed by atoms with Crippen molar-refractivity contribution >= 4 is 39.9 Å². The van der Waals surface area contributed by atoms with Crippen LogP contribution in [0.5, 0.6) is 0 Å². The molecule has 0 aliphatic rings. The fraction of sp³-hybridized carbons (Fsp3) is 0.0500. The van der Waals surface area contributed by atoms with Crippen molar-refractivity contribution in [1.82, 2.24) is 10.2 Å². The number of hydrogen-bond acceptors (Lipinski definition) is 5. The van der Waals surface area contributed by atoms with Gasteiger partial charge in [-0.1, -0.05) is 53.7 Å². The molecule has 0 spiro atoms. The number of thioether (sulfide) groups is 1. The Kier molecular flexibility index (Phi) is 4.73. The highest BCUT2D eigenvalue weighted by Gasteiger charge is 2.13. The highest BCUT2D eigenvalue weighted by atomic mass is 35.5. The highest BCUT2D eigenvalue weighted by Crippen LogP contribution is 2.26. The second-order valence-electron chi connectivity index (χ2n) is 5.65. The van der Waals surface area contributed by atoms with Crippen LogP contribution in [0.3, 0.4) is 0 Å². The van der Waals surface area contributed by atoms with Gasteiger partial charge in [0.25, 0.3) is 5.22 Å². The molecule has 6 heteroatoms. The van der Waals surface area contributed by atoms with Gasteiger partial charge in [0.1, 0.15) is 0 Å². The Hall–Kier alpha value is -2.63. The predicted octanol–water partition coefficient (Wildman–Crippen LogP) is 5.52. The molecule has 0 radical (unpaired) electrons. The Balaban J connectivity index is 1.47. The molecule has 128 valence electrons. The molecule has 4 aromatic rings. The van der Waals surface area contributed by atoms with Gasteiger partial charge >= 0.3 is 0 Å². The number of Topliss-reactive ketones (excluding diaryl/α,β-unsaturated/α-hetero) is 1. The second kappa shape index (κ2) is 7.32. The summed E-state index contributed by atoms with van der Waals surface area (Å²) in [7, 11) is 0. The SMILES string of the molecule is O=C(CSc1nnc(-c2ccc3ccccc3c2)o1)c1ccc(Cl)cc1. The van der Waals surface area contributed by atoms with E-state index in [0.717, 1.165) is 16.3 Å². The van der Waals surface area contributed by atoms with Crippen LogP contribution in [-0.2, 0) is 0 Å². The highest BCUT2D eigenvalue weighted by molar-refractivity contribution is 7.99. The van der Waals surface area contributed by atoms with E-state index < -0.39 is 0 Å². The number of carbonyl (C=O) groups excluding carboxylic acids is 1. The molecule has 0 unspecified atom stereocenters. The lowest BCUT2D eigenvalue weighted by Gasteiger charge is -2.00. The Morgan fingerprint density at radius 2 is 1.73 bits per heavy atom. The van der Waals surface area contributed by atoms with Crippen LogP contribution >= 0.6 is 23.4 Å². The van der Waals surface area contributed by atoms with Gasteiger partial charge in [-0.15, -0.1) is 10.2 Å². The largest absolute Gasteiger partial charge is 0.411 e. The molecule has 0 amide bonds. The van der Waals surface area contributed by atoms with Gasteiger partial charge in [-0.3, -0.25) is 4.79 Å². The lowest BCUT2D eigenvalue weighted by molar-refractivity contribution is 0.102. The maximum absolute atomic E-state index is 12.2. The standard InChI is InChI=1S/C20H13ClN2O2S/c21-17-9-7-14(8-10-17)18(24)12-26-20-23-22-19(25-20)16-6-5-13-3-1-2-4-15(13)11-16/h1-11H,12H2. The Morgan fingerprint density at radius 3 is 2.54 bits per heavy atom. The summed E-state index contributed by atoms with van der Waals surface area (Å²) >= 11 is 7.06. The number of fused-ring (bicyclic) bond motifs is 1. The summed E-state index contributed by atoms with van der Waals surface area (Å²) in [5.41, 5.74) is 1.46. The summed E-state index contributed by atoms with van der Waals surface area (Å²) < 4.78 is 5.69. The van der Waals surface area contributed by atoms with Crippen molar-refractivity contribution in [1.29, 1.82) is 0 Å². The fourth-order valence-electron chi connectivity index (χ4n) is 2.55. The zero-order valence-corrected chi connectivity index (χ0v) is 15.1. The van der Waals surface area contributed by atoms with E-state index in [1.807, 2.05) is 36.4 Å². The van der Waals surface area contributed by atoms with Crippen molar-refractivity contribution in [2.75, 3.05) is 5.75 Å². The molecular formula is C20H13ClN2O2S. The third kappa shape index (κ3) is 3.64. The number of hydrogen-bond donors (Lipinski definition) is 0. The topological polar surface area (TPSA) is 56.0 Å². The molecule has 26 heavy (non-hydrogen) atoms. The number of aromatic nitrogens is 2. The summed E-state index contributed by atoms with van der Waals surface area (Å²) in [5, 5.41) is 11.3. The quantitative estimate of drug-likeness (QED) is 0.337. The summed E-state index contributed by atoms with van der Waals surface area (Å²) in [5.74, 6) is 0.648. The second-order valence-corrected chi connectivity index (χ2v) is 7.02. The predicted molar refractivity (Wildman–Crippen MR) is 104 cm³/mol. The molecule has 4 nitrogen and oxygen atoms in total. The van der Waals surface area contributed by atoms with Crippen LogP contribution in [0.1, 0.15) is 10.4 Å². The van der Waals surface area contributed by atoms with Crippen molar-refractivity contribution < 1.29 is 9.21 Å². The van der Waals surface area contributed by atoms with Crippen LogP contribution in [0.2, 0.25) is 5.02 Å². The van der Waals surface area contributed by atoms with E-state index in [0.29, 0.717) is 21.7 Å². The van der Waals surface area contributed by atoms with Crippen molar-refractivity contribution in [2.45, 2.75) is 5.22 Å². The van der Waals surface area contributed by atoms with E-state index in [9.17, 15) is 4.79 Å². The average Bonchev–Trinajstić information content (AvgIpc) is 3.15. The first-order valence-electron chi connectivity index (χ1n) is 7.93. The molecule has 0 fully saturated rings. The first-order chi connectivity index (χ1) is 12.7. The van der Waals surface area contributed by atoms with Crippen LogP contribution in [0.4, 0.5) is 0 Å². The minimum absolute atomic E-state index is 0.0166. The minimum atomic E-state index is -0.0166. The summed E-state index contributed by atoms with van der Waals surface area (Å²) in [6, 6.07) is 20.9. The van der Waals surface area contributed by atoms with Gasteiger partial charge in [-0.05, 0) is 47.2 Å². The lowest BCUT2D eigenvalue weighted by Crippen LogP contribution is -2.01. The zero-order chi connectivity index (χ0) is 17.9. The van der Waals surface area contributed by atoms with E-state index in [1.54, 1.807) is 24.3 Å². The average molecular weight is 381 g/mol. The van der Waals surface area contributed by atoms with Gasteiger partial charge in [0.05, 0.1) is 5.75 Å². The number of nitrogens with zero attached hydrogens (tertiary/aromatic N) is 2. The van der Waals surface area contributed by atoms with E-state index in [1.165, 1.54) is 11.8 Å². The third-order valence-electron chi connectivity index (χ3n) is 3.90. The van der Waals surface area contributed by atoms with Crippen LogP contribution in [-0.4, -0.2) is 21.7 Å². The van der Waals surface area contributed by atoms with Gasteiger partial charge in [0.15, 0.2) is 5.78 Å². The van der Waals surface area contributed by atoms with Crippen molar-refractivity contribution in [2.24, 2.45) is 0 Å². The maximum Gasteiger partial charge on any atom is 0.277 e. The summed E-state index contributed by atoms with van der Waals surface area (Å²) in [4.78, 5) is 12.2. The molecule has 1 heterocycles. The number of rotatable bonds is 5. The molecule has 0 saturated heterocycles. The molecule has 0 N–H and O–H groups in total. The van der Waals surface area contributed by atoms with Crippen LogP contribution < -0.4 is 0 Å². The number of carbonyl (C=O) groups is 1. The van der Waals surface area contributed by atoms with Gasteiger partial charge < -0.3 is 4.42 Å². The summed E-state index contributed by atoms with van der Waals surface area (Å²) in [6.45, 7) is 0. The van der Waals surface area contributed by atoms with Crippen molar-refractivity contribution in [3.8, 4) is 11.5 Å². The first-order valence-corrected chi connectivity index (χ1v) is 9.30. The Labute approximate surface area is 159 Å². The van der Waals surface area contributed by atoms with E-state index >= 15 is 0 Å². The van der Waals surface area contributed by atoms with Gasteiger partial charge in [0, 0.05) is 16.1 Å². The molecular weight excluding hydrogens is 368 g/mol.